The highest BCUT2D eigenvalue weighted by atomic mass is 31.2. The number of aliphatic hydroxyl groups is 1. The summed E-state index contributed by atoms with van der Waals surface area (Å²) in [5, 5.41) is 13.6. The van der Waals surface area contributed by atoms with Crippen LogP contribution < -0.4 is 16.3 Å². The van der Waals surface area contributed by atoms with Crippen molar-refractivity contribution in [1.29, 1.82) is 0 Å². The molecule has 246 valence electrons. The van der Waals surface area contributed by atoms with E-state index >= 15 is 0 Å². The van der Waals surface area contributed by atoms with E-state index in [-0.39, 0.29) is 12.3 Å². The Labute approximate surface area is 259 Å². The first-order valence-electron chi connectivity index (χ1n) is 14.9. The van der Waals surface area contributed by atoms with Crippen LogP contribution in [0.5, 0.6) is 0 Å². The van der Waals surface area contributed by atoms with E-state index in [1.54, 1.807) is 18.0 Å². The number of hydroxylamine groups is 1. The number of anilines is 1. The van der Waals surface area contributed by atoms with Crippen molar-refractivity contribution in [2.24, 2.45) is 5.92 Å². The number of hydrogen-bond donors (Lipinski definition) is 3. The summed E-state index contributed by atoms with van der Waals surface area (Å²) in [4.78, 5) is 55.6. The molecule has 1 saturated heterocycles. The SMILES string of the molecule is CCCCCON(c1cccc2ccccc12)[C@H](C(=O)OP(=O)(O)OC[C@H]1O[C@@H](n2cc(F)c(=O)[nH]c2=O)C[C@@H]1O)[C@@H](C)CC. The lowest BCUT2D eigenvalue weighted by Gasteiger charge is -2.35. The molecule has 1 aliphatic rings. The van der Waals surface area contributed by atoms with Crippen LogP contribution in [0.4, 0.5) is 10.1 Å². The quantitative estimate of drug-likeness (QED) is 0.122. The first-order valence-corrected chi connectivity index (χ1v) is 16.4. The number of fused-ring (bicyclic) bond motifs is 1. The monoisotopic (exact) mass is 651 g/mol. The molecule has 1 fully saturated rings. The van der Waals surface area contributed by atoms with Crippen LogP contribution in [0, 0.1) is 11.7 Å². The van der Waals surface area contributed by atoms with E-state index in [1.165, 1.54) is 5.06 Å². The standard InChI is InChI=1S/C30H39FN3O10P/c1-4-6-9-15-41-34(23-14-10-12-20-11-7-8-13-21(20)23)27(19(3)5-2)29(37)44-45(39,40)42-18-25-24(35)16-26(43-25)33-17-22(31)28(36)32-30(33)38/h7-8,10-14,17,19,24-27,35H,4-6,9,15-16,18H2,1-3H3,(H,39,40)(H,32,36,38)/t19-,24-,25+,26+,27-/m0/s1. The second-order valence-electron chi connectivity index (χ2n) is 10.9. The van der Waals surface area contributed by atoms with Gasteiger partial charge in [-0.15, -0.1) is 0 Å². The number of rotatable bonds is 15. The minimum Gasteiger partial charge on any atom is -0.390 e. The third-order valence-corrected chi connectivity index (χ3v) is 8.59. The van der Waals surface area contributed by atoms with Gasteiger partial charge in [-0.25, -0.2) is 19.2 Å². The number of aromatic amines is 1. The summed E-state index contributed by atoms with van der Waals surface area (Å²) in [6, 6.07) is 12.0. The molecule has 2 heterocycles. The van der Waals surface area contributed by atoms with Gasteiger partial charge in [-0.1, -0.05) is 76.4 Å². The highest BCUT2D eigenvalue weighted by Gasteiger charge is 2.41. The molecule has 0 bridgehead atoms. The molecule has 1 unspecified atom stereocenters. The van der Waals surface area contributed by atoms with E-state index in [0.717, 1.165) is 34.6 Å². The topological polar surface area (TPSA) is 170 Å². The minimum absolute atomic E-state index is 0.208. The Morgan fingerprint density at radius 2 is 1.93 bits per heavy atom. The number of unbranched alkanes of at least 4 members (excludes halogenated alkanes) is 2. The zero-order valence-corrected chi connectivity index (χ0v) is 26.2. The van der Waals surface area contributed by atoms with E-state index in [1.807, 2.05) is 43.3 Å². The molecular weight excluding hydrogens is 612 g/mol. The molecule has 0 radical (unpaired) electrons. The highest BCUT2D eigenvalue weighted by Crippen LogP contribution is 2.46. The van der Waals surface area contributed by atoms with Crippen LogP contribution in [0.15, 0.2) is 58.3 Å². The summed E-state index contributed by atoms with van der Waals surface area (Å²) in [5.74, 6) is -2.68. The number of benzene rings is 2. The Bertz CT molecular complexity index is 1630. The van der Waals surface area contributed by atoms with Crippen molar-refractivity contribution >= 4 is 30.3 Å². The lowest BCUT2D eigenvalue weighted by atomic mass is 9.97. The average molecular weight is 652 g/mol. The van der Waals surface area contributed by atoms with Crippen LogP contribution in [0.2, 0.25) is 0 Å². The van der Waals surface area contributed by atoms with Gasteiger partial charge in [0.25, 0.3) is 5.56 Å². The van der Waals surface area contributed by atoms with Crippen molar-refractivity contribution in [1.82, 2.24) is 9.55 Å². The molecular formula is C30H39FN3O10P. The molecule has 3 aromatic rings. The normalized spacial score (nSPS) is 20.9. The fourth-order valence-corrected chi connectivity index (χ4v) is 5.79. The van der Waals surface area contributed by atoms with Crippen LogP contribution in [-0.2, 0) is 28.0 Å². The van der Waals surface area contributed by atoms with Gasteiger partial charge in [0.15, 0.2) is 6.04 Å². The second-order valence-corrected chi connectivity index (χ2v) is 12.3. The van der Waals surface area contributed by atoms with Gasteiger partial charge in [0.05, 0.1) is 31.2 Å². The number of ether oxygens (including phenoxy) is 1. The highest BCUT2D eigenvalue weighted by molar-refractivity contribution is 7.48. The molecule has 15 heteroatoms. The zero-order chi connectivity index (χ0) is 32.7. The van der Waals surface area contributed by atoms with Gasteiger partial charge in [0.2, 0.25) is 5.82 Å². The third-order valence-electron chi connectivity index (χ3n) is 7.71. The van der Waals surface area contributed by atoms with Crippen molar-refractivity contribution in [3.8, 4) is 0 Å². The van der Waals surface area contributed by atoms with Gasteiger partial charge in [0.1, 0.15) is 12.3 Å². The van der Waals surface area contributed by atoms with Gasteiger partial charge < -0.3 is 14.4 Å². The number of halogens is 1. The Morgan fingerprint density at radius 1 is 1.20 bits per heavy atom. The number of hydrogen-bond acceptors (Lipinski definition) is 10. The summed E-state index contributed by atoms with van der Waals surface area (Å²) in [6.45, 7) is 5.32. The van der Waals surface area contributed by atoms with Crippen LogP contribution in [0.3, 0.4) is 0 Å². The van der Waals surface area contributed by atoms with Gasteiger partial charge in [-0.3, -0.25) is 28.6 Å². The molecule has 1 aromatic heterocycles. The molecule has 2 aromatic carbocycles. The molecule has 0 aliphatic carbocycles. The maximum Gasteiger partial charge on any atom is 0.529 e. The fourth-order valence-electron chi connectivity index (χ4n) is 5.07. The number of phosphoric acid groups is 1. The lowest BCUT2D eigenvalue weighted by Crippen LogP contribution is -2.46. The van der Waals surface area contributed by atoms with Gasteiger partial charge >= 0.3 is 19.5 Å². The van der Waals surface area contributed by atoms with E-state index in [9.17, 15) is 33.3 Å². The smallest absolute Gasteiger partial charge is 0.390 e. The Balaban J connectivity index is 1.51. The number of carbonyl (C=O) groups excluding carboxylic acids is 1. The Hall–Kier alpha value is -3.39. The largest absolute Gasteiger partial charge is 0.529 e. The van der Waals surface area contributed by atoms with Crippen molar-refractivity contribution in [2.45, 2.75) is 77.4 Å². The van der Waals surface area contributed by atoms with Crippen LogP contribution in [-0.4, -0.2) is 57.0 Å². The van der Waals surface area contributed by atoms with Crippen LogP contribution >= 0.6 is 7.82 Å². The summed E-state index contributed by atoms with van der Waals surface area (Å²) in [5.41, 5.74) is -1.59. The molecule has 6 atom stereocenters. The number of nitrogens with one attached hydrogen (secondary N) is 1. The number of aliphatic hydroxyl groups excluding tert-OH is 1. The molecule has 4 rings (SSSR count). The number of H-pyrrole nitrogens is 1. The molecule has 0 spiro atoms. The van der Waals surface area contributed by atoms with E-state index in [0.29, 0.717) is 24.9 Å². The fraction of sp³-hybridized carbons (Fsp3) is 0.500. The minimum atomic E-state index is -5.06. The summed E-state index contributed by atoms with van der Waals surface area (Å²) < 4.78 is 43.2. The maximum atomic E-state index is 13.7. The van der Waals surface area contributed by atoms with Gasteiger partial charge in [0, 0.05) is 11.8 Å². The van der Waals surface area contributed by atoms with Crippen LogP contribution in [0.25, 0.3) is 10.8 Å². The maximum absolute atomic E-state index is 13.7. The first kappa shape index (κ1) is 34.5. The van der Waals surface area contributed by atoms with E-state index in [4.69, 9.17) is 18.6 Å². The van der Waals surface area contributed by atoms with E-state index in [2.05, 4.69) is 6.92 Å². The predicted molar refractivity (Wildman–Crippen MR) is 163 cm³/mol. The summed E-state index contributed by atoms with van der Waals surface area (Å²) in [7, 11) is -5.06. The average Bonchev–Trinajstić information content (AvgIpc) is 3.38. The molecule has 0 amide bonds. The van der Waals surface area contributed by atoms with Crippen molar-refractivity contribution in [2.75, 3.05) is 18.3 Å². The van der Waals surface area contributed by atoms with Crippen LogP contribution in [0.1, 0.15) is 59.1 Å². The molecule has 45 heavy (non-hydrogen) atoms. The number of carbonyl (C=O) groups is 1. The third kappa shape index (κ3) is 8.46. The second kappa shape index (κ2) is 15.3. The number of nitrogens with zero attached hydrogens (tertiary/aromatic N) is 2. The van der Waals surface area contributed by atoms with E-state index < -0.39 is 61.9 Å². The summed E-state index contributed by atoms with van der Waals surface area (Å²) >= 11 is 0. The Morgan fingerprint density at radius 3 is 2.67 bits per heavy atom. The molecule has 1 aliphatic heterocycles. The van der Waals surface area contributed by atoms with Crippen molar-refractivity contribution in [3.63, 3.8) is 0 Å². The lowest BCUT2D eigenvalue weighted by molar-refractivity contribution is -0.142. The number of aromatic nitrogens is 2. The Kier molecular flexibility index (Phi) is 11.7. The number of phosphoric ester groups is 1. The molecule has 0 saturated carbocycles. The molecule has 13 nitrogen and oxygen atoms in total. The first-order chi connectivity index (χ1) is 21.5. The van der Waals surface area contributed by atoms with Gasteiger partial charge in [-0.05, 0) is 23.8 Å². The van der Waals surface area contributed by atoms with Crippen molar-refractivity contribution < 1.29 is 42.4 Å². The summed E-state index contributed by atoms with van der Waals surface area (Å²) in [6.07, 6.45) is -0.200. The van der Waals surface area contributed by atoms with Crippen molar-refractivity contribution in [3.05, 3.63) is 75.3 Å². The zero-order valence-electron chi connectivity index (χ0n) is 25.3. The molecule has 3 N–H and O–H groups in total. The van der Waals surface area contributed by atoms with Gasteiger partial charge in [-0.2, -0.15) is 4.39 Å². The predicted octanol–water partition coefficient (Wildman–Crippen LogP) is 4.18.